The Bertz CT molecular complexity index is 553. The third-order valence-corrected chi connectivity index (χ3v) is 4.82. The van der Waals surface area contributed by atoms with Crippen LogP contribution in [-0.4, -0.2) is 7.11 Å². The van der Waals surface area contributed by atoms with Crippen LogP contribution in [-0.2, 0) is 6.54 Å². The number of hydrogen-bond donors (Lipinski definition) is 1. The first kappa shape index (κ1) is 14.6. The fraction of sp³-hybridized carbons (Fsp3) is 0.333. The van der Waals surface area contributed by atoms with Crippen LogP contribution in [0.2, 0.25) is 0 Å². The Labute approximate surface area is 126 Å². The van der Waals surface area contributed by atoms with E-state index in [4.69, 9.17) is 4.74 Å². The standard InChI is InChI=1S/C15H18BrNOS/c1-10-4-7-15(19-10)11(2)17-9-12-5-6-14(18-3)13(16)8-12/h4-8,11,17H,9H2,1-3H3. The predicted molar refractivity (Wildman–Crippen MR) is 85.0 cm³/mol. The second-order valence-electron chi connectivity index (χ2n) is 4.52. The lowest BCUT2D eigenvalue weighted by Crippen LogP contribution is -2.17. The average Bonchev–Trinajstić information content (AvgIpc) is 2.83. The summed E-state index contributed by atoms with van der Waals surface area (Å²) in [7, 11) is 1.68. The number of rotatable bonds is 5. The minimum atomic E-state index is 0.375. The summed E-state index contributed by atoms with van der Waals surface area (Å²) in [5, 5.41) is 3.54. The second kappa shape index (κ2) is 6.55. The maximum Gasteiger partial charge on any atom is 0.133 e. The molecular weight excluding hydrogens is 322 g/mol. The lowest BCUT2D eigenvalue weighted by atomic mass is 10.2. The first-order valence-corrected chi connectivity index (χ1v) is 7.83. The first-order chi connectivity index (χ1) is 9.10. The Hall–Kier alpha value is -0.840. The van der Waals surface area contributed by atoms with Gasteiger partial charge in [-0.1, -0.05) is 6.07 Å². The second-order valence-corrected chi connectivity index (χ2v) is 6.69. The SMILES string of the molecule is COc1ccc(CNC(C)c2ccc(C)s2)cc1Br. The molecule has 0 aliphatic rings. The quantitative estimate of drug-likeness (QED) is 0.853. The van der Waals surface area contributed by atoms with Gasteiger partial charge in [-0.05, 0) is 59.6 Å². The molecule has 1 aromatic heterocycles. The van der Waals surface area contributed by atoms with Crippen molar-refractivity contribution in [3.05, 3.63) is 50.1 Å². The third kappa shape index (κ3) is 3.81. The number of thiophene rings is 1. The molecule has 1 aromatic carbocycles. The predicted octanol–water partition coefficient (Wildman–Crippen LogP) is 4.68. The minimum absolute atomic E-state index is 0.375. The van der Waals surface area contributed by atoms with E-state index in [9.17, 15) is 0 Å². The zero-order valence-corrected chi connectivity index (χ0v) is 13.8. The van der Waals surface area contributed by atoms with Crippen molar-refractivity contribution < 1.29 is 4.74 Å². The first-order valence-electron chi connectivity index (χ1n) is 6.22. The van der Waals surface area contributed by atoms with Gasteiger partial charge in [-0.25, -0.2) is 0 Å². The van der Waals surface area contributed by atoms with Crippen molar-refractivity contribution in [1.29, 1.82) is 0 Å². The summed E-state index contributed by atoms with van der Waals surface area (Å²) in [6, 6.07) is 10.9. The van der Waals surface area contributed by atoms with Crippen LogP contribution in [0.4, 0.5) is 0 Å². The van der Waals surface area contributed by atoms with Gasteiger partial charge in [0.2, 0.25) is 0 Å². The molecule has 0 spiro atoms. The van der Waals surface area contributed by atoms with Crippen LogP contribution in [0.25, 0.3) is 0 Å². The summed E-state index contributed by atoms with van der Waals surface area (Å²) in [5.74, 6) is 0.866. The zero-order valence-electron chi connectivity index (χ0n) is 11.4. The molecule has 0 aliphatic heterocycles. The molecule has 1 atom stereocenters. The monoisotopic (exact) mass is 339 g/mol. The largest absolute Gasteiger partial charge is 0.496 e. The van der Waals surface area contributed by atoms with E-state index in [2.05, 4.69) is 59.4 Å². The van der Waals surface area contributed by atoms with E-state index in [0.29, 0.717) is 6.04 Å². The summed E-state index contributed by atoms with van der Waals surface area (Å²) in [6.45, 7) is 5.19. The molecule has 1 N–H and O–H groups in total. The van der Waals surface area contributed by atoms with Gasteiger partial charge in [-0.3, -0.25) is 0 Å². The van der Waals surface area contributed by atoms with Crippen molar-refractivity contribution in [1.82, 2.24) is 5.32 Å². The smallest absolute Gasteiger partial charge is 0.133 e. The maximum absolute atomic E-state index is 5.23. The molecule has 102 valence electrons. The Morgan fingerprint density at radius 1 is 1.32 bits per heavy atom. The number of hydrogen-bond acceptors (Lipinski definition) is 3. The zero-order chi connectivity index (χ0) is 13.8. The normalized spacial score (nSPS) is 12.4. The van der Waals surface area contributed by atoms with Crippen molar-refractivity contribution in [3.63, 3.8) is 0 Å². The minimum Gasteiger partial charge on any atom is -0.496 e. The number of methoxy groups -OCH3 is 1. The summed E-state index contributed by atoms with van der Waals surface area (Å²) in [4.78, 5) is 2.74. The fourth-order valence-electron chi connectivity index (χ4n) is 1.88. The molecule has 2 rings (SSSR count). The van der Waals surface area contributed by atoms with E-state index in [0.717, 1.165) is 16.8 Å². The molecule has 2 aromatic rings. The van der Waals surface area contributed by atoms with Crippen LogP contribution >= 0.6 is 27.3 Å². The molecule has 0 aliphatic carbocycles. The molecule has 0 amide bonds. The van der Waals surface area contributed by atoms with E-state index in [1.165, 1.54) is 15.3 Å². The van der Waals surface area contributed by atoms with Crippen LogP contribution in [0.3, 0.4) is 0 Å². The fourth-order valence-corrected chi connectivity index (χ4v) is 3.37. The van der Waals surface area contributed by atoms with Gasteiger partial charge in [0.1, 0.15) is 5.75 Å². The Kier molecular flexibility index (Phi) is 5.02. The number of benzene rings is 1. The molecule has 0 saturated carbocycles. The number of nitrogens with one attached hydrogen (secondary N) is 1. The highest BCUT2D eigenvalue weighted by Gasteiger charge is 2.08. The Morgan fingerprint density at radius 2 is 2.11 bits per heavy atom. The summed E-state index contributed by atoms with van der Waals surface area (Å²) in [5.41, 5.74) is 1.24. The van der Waals surface area contributed by atoms with Gasteiger partial charge < -0.3 is 10.1 Å². The molecule has 1 unspecified atom stereocenters. The average molecular weight is 340 g/mol. The number of ether oxygens (including phenoxy) is 1. The van der Waals surface area contributed by atoms with Gasteiger partial charge in [-0.2, -0.15) is 0 Å². The molecule has 4 heteroatoms. The van der Waals surface area contributed by atoms with Gasteiger partial charge in [0.25, 0.3) is 0 Å². The highest BCUT2D eigenvalue weighted by atomic mass is 79.9. The molecular formula is C15H18BrNOS. The van der Waals surface area contributed by atoms with E-state index in [1.807, 2.05) is 17.4 Å². The van der Waals surface area contributed by atoms with Gasteiger partial charge in [0.05, 0.1) is 11.6 Å². The number of aryl methyl sites for hydroxylation is 1. The summed E-state index contributed by atoms with van der Waals surface area (Å²) >= 11 is 5.36. The van der Waals surface area contributed by atoms with Crippen molar-refractivity contribution in [3.8, 4) is 5.75 Å². The molecule has 2 nitrogen and oxygen atoms in total. The molecule has 0 bridgehead atoms. The van der Waals surface area contributed by atoms with Crippen molar-refractivity contribution in [2.45, 2.75) is 26.4 Å². The van der Waals surface area contributed by atoms with Crippen LogP contribution in [0.15, 0.2) is 34.8 Å². The van der Waals surface area contributed by atoms with E-state index >= 15 is 0 Å². The van der Waals surface area contributed by atoms with Crippen molar-refractivity contribution >= 4 is 27.3 Å². The molecule has 19 heavy (non-hydrogen) atoms. The Morgan fingerprint density at radius 3 is 2.68 bits per heavy atom. The van der Waals surface area contributed by atoms with Gasteiger partial charge in [0, 0.05) is 22.3 Å². The summed E-state index contributed by atoms with van der Waals surface area (Å²) < 4.78 is 6.23. The molecule has 1 heterocycles. The van der Waals surface area contributed by atoms with Gasteiger partial charge in [0.15, 0.2) is 0 Å². The van der Waals surface area contributed by atoms with Gasteiger partial charge in [-0.15, -0.1) is 11.3 Å². The number of halogens is 1. The van der Waals surface area contributed by atoms with Crippen molar-refractivity contribution in [2.75, 3.05) is 7.11 Å². The third-order valence-electron chi connectivity index (χ3n) is 3.02. The topological polar surface area (TPSA) is 21.3 Å². The lowest BCUT2D eigenvalue weighted by molar-refractivity contribution is 0.412. The van der Waals surface area contributed by atoms with Crippen LogP contribution in [0.5, 0.6) is 5.75 Å². The Balaban J connectivity index is 1.97. The summed E-state index contributed by atoms with van der Waals surface area (Å²) in [6.07, 6.45) is 0. The van der Waals surface area contributed by atoms with Crippen LogP contribution in [0.1, 0.15) is 28.3 Å². The van der Waals surface area contributed by atoms with Crippen LogP contribution in [0, 0.1) is 6.92 Å². The highest BCUT2D eigenvalue weighted by molar-refractivity contribution is 9.10. The van der Waals surface area contributed by atoms with E-state index < -0.39 is 0 Å². The van der Waals surface area contributed by atoms with Crippen LogP contribution < -0.4 is 10.1 Å². The molecule has 0 radical (unpaired) electrons. The highest BCUT2D eigenvalue weighted by Crippen LogP contribution is 2.26. The van der Waals surface area contributed by atoms with Crippen molar-refractivity contribution in [2.24, 2.45) is 0 Å². The molecule has 0 fully saturated rings. The van der Waals surface area contributed by atoms with E-state index in [-0.39, 0.29) is 0 Å². The van der Waals surface area contributed by atoms with E-state index in [1.54, 1.807) is 7.11 Å². The maximum atomic E-state index is 5.23. The molecule has 0 saturated heterocycles. The van der Waals surface area contributed by atoms with Gasteiger partial charge >= 0.3 is 0 Å². The lowest BCUT2D eigenvalue weighted by Gasteiger charge is -2.13.